The van der Waals surface area contributed by atoms with E-state index in [2.05, 4.69) is 6.58 Å². The van der Waals surface area contributed by atoms with Crippen LogP contribution in [-0.2, 0) is 23.8 Å². The Hall–Kier alpha value is -1.40. The highest BCUT2D eigenvalue weighted by Crippen LogP contribution is 2.69. The molecule has 0 aromatic rings. The Morgan fingerprint density at radius 1 is 1.45 bits per heavy atom. The largest absolute Gasteiger partial charge is 0.458 e. The van der Waals surface area contributed by atoms with Crippen molar-refractivity contribution >= 4 is 11.9 Å². The first-order valence-electron chi connectivity index (χ1n) is 7.62. The predicted molar refractivity (Wildman–Crippen MR) is 73.6 cm³/mol. The molecule has 6 heteroatoms. The molecule has 2 heterocycles. The molecular weight excluding hydrogens is 288 g/mol. The Labute approximate surface area is 128 Å². The molecule has 8 unspecified atom stereocenters. The number of ether oxygens (including phenoxy) is 3. The van der Waals surface area contributed by atoms with E-state index in [9.17, 15) is 14.7 Å². The van der Waals surface area contributed by atoms with Crippen molar-refractivity contribution in [3.63, 3.8) is 0 Å². The van der Waals surface area contributed by atoms with Crippen LogP contribution in [0.4, 0.5) is 0 Å². The van der Waals surface area contributed by atoms with Crippen molar-refractivity contribution in [2.24, 2.45) is 17.3 Å². The Morgan fingerprint density at radius 2 is 2.14 bits per heavy atom. The molecule has 4 rings (SSSR count). The third-order valence-electron chi connectivity index (χ3n) is 6.10. The van der Waals surface area contributed by atoms with Crippen molar-refractivity contribution in [2.45, 2.75) is 57.2 Å². The molecule has 2 aliphatic heterocycles. The number of carbonyl (C=O) groups excluding carboxylic acids is 2. The van der Waals surface area contributed by atoms with Gasteiger partial charge < -0.3 is 19.3 Å². The molecule has 4 aliphatic rings. The van der Waals surface area contributed by atoms with Gasteiger partial charge in [0.25, 0.3) is 0 Å². The predicted octanol–water partition coefficient (Wildman–Crippen LogP) is 0.574. The highest BCUT2D eigenvalue weighted by atomic mass is 16.6. The Kier molecular flexibility index (Phi) is 2.53. The molecule has 0 aromatic carbocycles. The van der Waals surface area contributed by atoms with Gasteiger partial charge in [0, 0.05) is 19.3 Å². The van der Waals surface area contributed by atoms with Gasteiger partial charge in [0.1, 0.15) is 12.2 Å². The number of hydrogen-bond acceptors (Lipinski definition) is 6. The van der Waals surface area contributed by atoms with Gasteiger partial charge in [-0.3, -0.25) is 9.59 Å². The van der Waals surface area contributed by atoms with Crippen molar-refractivity contribution in [2.75, 3.05) is 0 Å². The number of carbonyl (C=O) groups is 2. The standard InChI is InChI=1S/C16H20O6/c1-6(2)9-10-14(18)22-11(9)13(20-7(3)17)15(4)12-8(21-12)5-16(10,15)19/h8-13,19H,1,5H2,2-4H3. The van der Waals surface area contributed by atoms with E-state index in [1.54, 1.807) is 0 Å². The van der Waals surface area contributed by atoms with Gasteiger partial charge in [-0.25, -0.2) is 0 Å². The number of rotatable bonds is 2. The molecule has 6 nitrogen and oxygen atoms in total. The van der Waals surface area contributed by atoms with E-state index in [4.69, 9.17) is 14.2 Å². The summed E-state index contributed by atoms with van der Waals surface area (Å²) in [5, 5.41) is 11.4. The quantitative estimate of drug-likeness (QED) is 0.456. The lowest BCUT2D eigenvalue weighted by atomic mass is 9.54. The van der Waals surface area contributed by atoms with Gasteiger partial charge in [0.15, 0.2) is 0 Å². The summed E-state index contributed by atoms with van der Waals surface area (Å²) in [5.74, 6) is -1.89. The van der Waals surface area contributed by atoms with Gasteiger partial charge in [0.2, 0.25) is 0 Å². The zero-order valence-corrected chi connectivity index (χ0v) is 12.9. The molecule has 0 spiro atoms. The summed E-state index contributed by atoms with van der Waals surface area (Å²) in [6, 6.07) is 0. The van der Waals surface area contributed by atoms with Crippen molar-refractivity contribution in [1.29, 1.82) is 0 Å². The first-order valence-corrected chi connectivity index (χ1v) is 7.62. The normalized spacial score (nSPS) is 54.3. The van der Waals surface area contributed by atoms with Crippen molar-refractivity contribution in [3.8, 4) is 0 Å². The van der Waals surface area contributed by atoms with Crippen molar-refractivity contribution in [1.82, 2.24) is 0 Å². The maximum Gasteiger partial charge on any atom is 0.313 e. The molecule has 2 saturated carbocycles. The molecule has 120 valence electrons. The summed E-state index contributed by atoms with van der Waals surface area (Å²) in [6.45, 7) is 8.93. The van der Waals surface area contributed by atoms with E-state index in [0.29, 0.717) is 6.42 Å². The average Bonchev–Trinajstić information content (AvgIpc) is 3.01. The summed E-state index contributed by atoms with van der Waals surface area (Å²) in [7, 11) is 0. The minimum absolute atomic E-state index is 0.0778. The van der Waals surface area contributed by atoms with Crippen LogP contribution in [0.15, 0.2) is 12.2 Å². The van der Waals surface area contributed by atoms with Crippen LogP contribution in [0.25, 0.3) is 0 Å². The number of esters is 2. The van der Waals surface area contributed by atoms with Crippen molar-refractivity contribution in [3.05, 3.63) is 12.2 Å². The molecule has 22 heavy (non-hydrogen) atoms. The Morgan fingerprint density at radius 3 is 2.73 bits per heavy atom. The summed E-state index contributed by atoms with van der Waals surface area (Å²) < 4.78 is 16.7. The van der Waals surface area contributed by atoms with E-state index < -0.39 is 41.1 Å². The maximum absolute atomic E-state index is 12.4. The first-order chi connectivity index (χ1) is 10.2. The zero-order valence-electron chi connectivity index (χ0n) is 12.9. The van der Waals surface area contributed by atoms with E-state index in [1.807, 2.05) is 13.8 Å². The lowest BCUT2D eigenvalue weighted by Crippen LogP contribution is -2.67. The molecular formula is C16H20O6. The fourth-order valence-electron chi connectivity index (χ4n) is 5.10. The van der Waals surface area contributed by atoms with E-state index >= 15 is 0 Å². The van der Waals surface area contributed by atoms with Crippen LogP contribution in [0, 0.1) is 17.3 Å². The Bertz CT molecular complexity index is 599. The number of hydrogen-bond donors (Lipinski definition) is 1. The molecule has 0 amide bonds. The monoisotopic (exact) mass is 308 g/mol. The zero-order chi connectivity index (χ0) is 16.0. The fraction of sp³-hybridized carbons (Fsp3) is 0.750. The molecule has 8 atom stereocenters. The molecule has 4 fully saturated rings. The molecule has 0 radical (unpaired) electrons. The van der Waals surface area contributed by atoms with E-state index in [0.717, 1.165) is 5.57 Å². The van der Waals surface area contributed by atoms with Gasteiger partial charge in [0.05, 0.1) is 29.1 Å². The van der Waals surface area contributed by atoms with Gasteiger partial charge in [-0.05, 0) is 6.92 Å². The topological polar surface area (TPSA) is 85.4 Å². The SMILES string of the molecule is C=C(C)C1C2OC(=O)C1C1(O)CC3OC3C1(C)C2OC(C)=O. The number of epoxide rings is 1. The van der Waals surface area contributed by atoms with Crippen LogP contribution in [0.5, 0.6) is 0 Å². The smallest absolute Gasteiger partial charge is 0.313 e. The van der Waals surface area contributed by atoms with Gasteiger partial charge >= 0.3 is 11.9 Å². The summed E-state index contributed by atoms with van der Waals surface area (Å²) in [5.41, 5.74) is -1.37. The van der Waals surface area contributed by atoms with Gasteiger partial charge in [-0.1, -0.05) is 19.1 Å². The average molecular weight is 308 g/mol. The van der Waals surface area contributed by atoms with E-state index in [1.165, 1.54) is 6.92 Å². The minimum atomic E-state index is -1.30. The third-order valence-corrected chi connectivity index (χ3v) is 6.10. The van der Waals surface area contributed by atoms with Crippen LogP contribution in [0.3, 0.4) is 0 Å². The van der Waals surface area contributed by atoms with Crippen LogP contribution in [-0.4, -0.2) is 47.1 Å². The summed E-state index contributed by atoms with van der Waals surface area (Å²) >= 11 is 0. The molecule has 2 aliphatic carbocycles. The molecule has 2 bridgehead atoms. The lowest BCUT2D eigenvalue weighted by molar-refractivity contribution is -0.224. The maximum atomic E-state index is 12.4. The lowest BCUT2D eigenvalue weighted by Gasteiger charge is -2.53. The van der Waals surface area contributed by atoms with Gasteiger partial charge in [-0.15, -0.1) is 0 Å². The second kappa shape index (κ2) is 3.92. The van der Waals surface area contributed by atoms with Gasteiger partial charge in [-0.2, -0.15) is 0 Å². The minimum Gasteiger partial charge on any atom is -0.458 e. The van der Waals surface area contributed by atoms with Crippen molar-refractivity contribution < 1.29 is 28.9 Å². The second-order valence-corrected chi connectivity index (χ2v) is 7.29. The van der Waals surface area contributed by atoms with Crippen LogP contribution in [0.2, 0.25) is 0 Å². The van der Waals surface area contributed by atoms with Crippen LogP contribution in [0.1, 0.15) is 27.2 Å². The highest BCUT2D eigenvalue weighted by molar-refractivity contribution is 5.79. The number of fused-ring (bicyclic) bond motifs is 6. The summed E-state index contributed by atoms with van der Waals surface area (Å²) in [4.78, 5) is 24.0. The second-order valence-electron chi connectivity index (χ2n) is 7.29. The molecule has 1 N–H and O–H groups in total. The molecule has 0 aromatic heterocycles. The summed E-state index contributed by atoms with van der Waals surface area (Å²) in [6.07, 6.45) is -1.25. The van der Waals surface area contributed by atoms with Crippen LogP contribution >= 0.6 is 0 Å². The van der Waals surface area contributed by atoms with E-state index in [-0.39, 0.29) is 18.1 Å². The molecule has 2 saturated heterocycles. The fourth-order valence-corrected chi connectivity index (χ4v) is 5.10. The Balaban J connectivity index is 1.88. The first kappa shape index (κ1) is 14.2. The third kappa shape index (κ3) is 1.38. The highest BCUT2D eigenvalue weighted by Gasteiger charge is 2.83. The van der Waals surface area contributed by atoms with Crippen LogP contribution < -0.4 is 0 Å². The number of aliphatic hydroxyl groups is 1.